The lowest BCUT2D eigenvalue weighted by atomic mass is 10.3. The number of nitrogens with one attached hydrogen (secondary N) is 1. The van der Waals surface area contributed by atoms with Gasteiger partial charge in [-0.1, -0.05) is 11.8 Å². The van der Waals surface area contributed by atoms with E-state index in [1.54, 1.807) is 6.92 Å². The lowest BCUT2D eigenvalue weighted by Gasteiger charge is -2.02. The average molecular weight is 259 g/mol. The molecule has 0 aliphatic carbocycles. The third kappa shape index (κ3) is 4.10. The van der Waals surface area contributed by atoms with Crippen LogP contribution in [0.1, 0.15) is 13.3 Å². The van der Waals surface area contributed by atoms with Gasteiger partial charge in [-0.15, -0.1) is 0 Å². The Morgan fingerprint density at radius 2 is 2.24 bits per heavy atom. The van der Waals surface area contributed by atoms with Crippen molar-refractivity contribution in [1.29, 1.82) is 0 Å². The van der Waals surface area contributed by atoms with Gasteiger partial charge in [-0.05, 0) is 6.92 Å². The molecule has 1 aliphatic rings. The number of amides is 1. The number of ether oxygens (including phenoxy) is 2. The molecular weight excluding hydrogens is 246 g/mol. The minimum atomic E-state index is -0.553. The van der Waals surface area contributed by atoms with Crippen LogP contribution >= 0.6 is 11.8 Å². The molecule has 0 aromatic rings. The van der Waals surface area contributed by atoms with Crippen LogP contribution < -0.4 is 5.32 Å². The van der Waals surface area contributed by atoms with Crippen molar-refractivity contribution < 1.29 is 23.9 Å². The molecule has 1 heterocycles. The van der Waals surface area contributed by atoms with Gasteiger partial charge >= 0.3 is 11.9 Å². The molecule has 1 saturated heterocycles. The van der Waals surface area contributed by atoms with Crippen molar-refractivity contribution in [3.8, 4) is 0 Å². The lowest BCUT2D eigenvalue weighted by Crippen LogP contribution is -2.24. The minimum Gasteiger partial charge on any atom is -0.469 e. The number of hydrogen-bond donors (Lipinski definition) is 1. The fraction of sp³-hybridized carbons (Fsp3) is 0.500. The van der Waals surface area contributed by atoms with E-state index in [0.29, 0.717) is 5.03 Å². The normalized spacial score (nSPS) is 21.2. The highest BCUT2D eigenvalue weighted by atomic mass is 32.2. The molecule has 0 spiro atoms. The summed E-state index contributed by atoms with van der Waals surface area (Å²) in [4.78, 5) is 33.6. The van der Waals surface area contributed by atoms with E-state index in [0.717, 1.165) is 11.8 Å². The highest BCUT2D eigenvalue weighted by molar-refractivity contribution is 8.04. The molecule has 1 fully saturated rings. The van der Waals surface area contributed by atoms with E-state index in [1.807, 2.05) is 0 Å². The molecule has 1 atom stereocenters. The second-order valence-corrected chi connectivity index (χ2v) is 4.38. The topological polar surface area (TPSA) is 81.7 Å². The Morgan fingerprint density at radius 3 is 2.82 bits per heavy atom. The zero-order valence-electron chi connectivity index (χ0n) is 9.52. The molecule has 1 rings (SSSR count). The van der Waals surface area contributed by atoms with Crippen molar-refractivity contribution in [3.05, 3.63) is 11.1 Å². The Labute approximate surface area is 103 Å². The molecule has 1 aliphatic heterocycles. The lowest BCUT2D eigenvalue weighted by molar-refractivity contribution is -0.141. The molecule has 6 nitrogen and oxygen atoms in total. The van der Waals surface area contributed by atoms with Gasteiger partial charge in [0.15, 0.2) is 0 Å². The van der Waals surface area contributed by atoms with Crippen molar-refractivity contribution in [3.63, 3.8) is 0 Å². The largest absolute Gasteiger partial charge is 0.469 e. The fourth-order valence-corrected chi connectivity index (χ4v) is 2.18. The summed E-state index contributed by atoms with van der Waals surface area (Å²) in [5.74, 6) is -1.29. The Kier molecular flexibility index (Phi) is 5.02. The number of esters is 2. The summed E-state index contributed by atoms with van der Waals surface area (Å²) < 4.78 is 9.18. The number of carbonyl (C=O) groups is 3. The summed E-state index contributed by atoms with van der Waals surface area (Å²) in [6.07, 6.45) is 1.18. The van der Waals surface area contributed by atoms with Crippen LogP contribution in [0.15, 0.2) is 11.1 Å². The van der Waals surface area contributed by atoms with E-state index in [2.05, 4.69) is 10.1 Å². The number of hydrogen-bond acceptors (Lipinski definition) is 6. The van der Waals surface area contributed by atoms with Crippen molar-refractivity contribution in [2.24, 2.45) is 0 Å². The number of rotatable bonds is 4. The van der Waals surface area contributed by atoms with Gasteiger partial charge in [-0.2, -0.15) is 0 Å². The molecule has 0 unspecified atom stereocenters. The maximum absolute atomic E-state index is 11.4. The highest BCUT2D eigenvalue weighted by Crippen LogP contribution is 2.29. The first-order chi connectivity index (χ1) is 8.06. The van der Waals surface area contributed by atoms with Gasteiger partial charge in [0.2, 0.25) is 5.91 Å². The Bertz CT molecular complexity index is 366. The van der Waals surface area contributed by atoms with Gasteiger partial charge < -0.3 is 14.8 Å². The molecule has 7 heteroatoms. The fourth-order valence-electron chi connectivity index (χ4n) is 1.17. The van der Waals surface area contributed by atoms with Crippen LogP contribution in [-0.2, 0) is 23.9 Å². The summed E-state index contributed by atoms with van der Waals surface area (Å²) >= 11 is 1.12. The maximum Gasteiger partial charge on any atom is 0.333 e. The van der Waals surface area contributed by atoms with Gasteiger partial charge in [-0.25, -0.2) is 4.79 Å². The van der Waals surface area contributed by atoms with Gasteiger partial charge in [0.05, 0.1) is 31.2 Å². The van der Waals surface area contributed by atoms with Gasteiger partial charge in [0.25, 0.3) is 0 Å². The summed E-state index contributed by atoms with van der Waals surface area (Å²) in [6, 6.07) is 0. The Balaban J connectivity index is 2.57. The molecule has 94 valence electrons. The van der Waals surface area contributed by atoms with Crippen molar-refractivity contribution in [2.75, 3.05) is 13.7 Å². The first-order valence-electron chi connectivity index (χ1n) is 4.99. The van der Waals surface area contributed by atoms with Gasteiger partial charge in [0, 0.05) is 0 Å². The maximum atomic E-state index is 11.4. The van der Waals surface area contributed by atoms with Crippen LogP contribution in [0.3, 0.4) is 0 Å². The SMILES string of the molecule is CCOC(=O)/C=C1/NC(=O)[C@H](CC(=O)OC)S1. The predicted molar refractivity (Wildman–Crippen MR) is 60.9 cm³/mol. The summed E-state index contributed by atoms with van der Waals surface area (Å²) in [5, 5.41) is 2.34. The smallest absolute Gasteiger partial charge is 0.333 e. The van der Waals surface area contributed by atoms with E-state index in [-0.39, 0.29) is 18.9 Å². The minimum absolute atomic E-state index is 0.0207. The van der Waals surface area contributed by atoms with Gasteiger partial charge in [0.1, 0.15) is 5.25 Å². The number of thioether (sulfide) groups is 1. The standard InChI is InChI=1S/C10H13NO5S/c1-3-16-9(13)5-7-11-10(14)6(17-7)4-8(12)15-2/h5-6H,3-4H2,1-2H3,(H,11,14)/b7-5-/t6-/m0/s1. The summed E-state index contributed by atoms with van der Waals surface area (Å²) in [7, 11) is 1.26. The number of carbonyl (C=O) groups excluding carboxylic acids is 3. The molecule has 0 saturated carbocycles. The molecule has 0 bridgehead atoms. The van der Waals surface area contributed by atoms with Crippen molar-refractivity contribution in [1.82, 2.24) is 5.32 Å². The summed E-state index contributed by atoms with van der Waals surface area (Å²) in [5.41, 5.74) is 0. The molecule has 0 aromatic carbocycles. The second-order valence-electron chi connectivity index (χ2n) is 3.14. The highest BCUT2D eigenvalue weighted by Gasteiger charge is 2.31. The zero-order chi connectivity index (χ0) is 12.8. The molecule has 17 heavy (non-hydrogen) atoms. The molecular formula is C10H13NO5S. The monoisotopic (exact) mass is 259 g/mol. The quantitative estimate of drug-likeness (QED) is 0.573. The van der Waals surface area contributed by atoms with Crippen molar-refractivity contribution >= 4 is 29.6 Å². The first-order valence-corrected chi connectivity index (χ1v) is 5.87. The van der Waals surface area contributed by atoms with Crippen LogP contribution in [-0.4, -0.2) is 36.8 Å². The summed E-state index contributed by atoms with van der Waals surface area (Å²) in [6.45, 7) is 1.96. The van der Waals surface area contributed by atoms with Crippen LogP contribution in [0, 0.1) is 0 Å². The van der Waals surface area contributed by atoms with E-state index in [9.17, 15) is 14.4 Å². The molecule has 1 N–H and O–H groups in total. The van der Waals surface area contributed by atoms with E-state index < -0.39 is 17.2 Å². The van der Waals surface area contributed by atoms with Crippen molar-refractivity contribution in [2.45, 2.75) is 18.6 Å². The Hall–Kier alpha value is -1.50. The molecule has 0 radical (unpaired) electrons. The van der Waals surface area contributed by atoms with E-state index in [4.69, 9.17) is 4.74 Å². The average Bonchev–Trinajstić information content (AvgIpc) is 2.59. The third-order valence-corrected chi connectivity index (χ3v) is 3.06. The third-order valence-electron chi connectivity index (χ3n) is 1.92. The predicted octanol–water partition coefficient (Wildman–Crippen LogP) is 0.186. The Morgan fingerprint density at radius 1 is 1.53 bits per heavy atom. The van der Waals surface area contributed by atoms with E-state index >= 15 is 0 Å². The van der Waals surface area contributed by atoms with Crippen LogP contribution in [0.25, 0.3) is 0 Å². The number of methoxy groups -OCH3 is 1. The zero-order valence-corrected chi connectivity index (χ0v) is 10.3. The molecule has 1 amide bonds. The van der Waals surface area contributed by atoms with Crippen LogP contribution in [0.5, 0.6) is 0 Å². The molecule has 0 aromatic heterocycles. The van der Waals surface area contributed by atoms with Gasteiger partial charge in [-0.3, -0.25) is 9.59 Å². The second kappa shape index (κ2) is 6.29. The van der Waals surface area contributed by atoms with Crippen LogP contribution in [0.2, 0.25) is 0 Å². The first kappa shape index (κ1) is 13.6. The van der Waals surface area contributed by atoms with Crippen LogP contribution in [0.4, 0.5) is 0 Å². The van der Waals surface area contributed by atoms with E-state index in [1.165, 1.54) is 13.2 Å².